The Hall–Kier alpha value is -3.28. The molecule has 0 radical (unpaired) electrons. The van der Waals surface area contributed by atoms with Gasteiger partial charge in [0.1, 0.15) is 11.9 Å². The van der Waals surface area contributed by atoms with E-state index in [9.17, 15) is 14.7 Å². The van der Waals surface area contributed by atoms with Crippen molar-refractivity contribution in [3.8, 4) is 10.4 Å². The zero-order chi connectivity index (χ0) is 29.3. The maximum atomic E-state index is 14.0. The molecule has 5 rings (SSSR count). The second-order valence-electron chi connectivity index (χ2n) is 11.5. The molecule has 1 aromatic carbocycles. The number of hydrogen-bond acceptors (Lipinski definition) is 8. The van der Waals surface area contributed by atoms with Gasteiger partial charge in [-0.3, -0.25) is 14.3 Å². The summed E-state index contributed by atoms with van der Waals surface area (Å²) in [4.78, 5) is 36.9. The van der Waals surface area contributed by atoms with Crippen LogP contribution in [-0.2, 0) is 16.6 Å². The predicted octanol–water partition coefficient (Wildman–Crippen LogP) is 2.84. The van der Waals surface area contributed by atoms with E-state index in [1.54, 1.807) is 16.2 Å². The van der Waals surface area contributed by atoms with Crippen LogP contribution in [0.1, 0.15) is 56.1 Å². The molecule has 0 bridgehead atoms. The maximum absolute atomic E-state index is 14.0. The van der Waals surface area contributed by atoms with Crippen molar-refractivity contribution in [2.45, 2.75) is 58.2 Å². The van der Waals surface area contributed by atoms with Gasteiger partial charge in [0.15, 0.2) is 0 Å². The molecule has 2 aliphatic rings. The summed E-state index contributed by atoms with van der Waals surface area (Å²) in [5.41, 5.74) is 5.60. The van der Waals surface area contributed by atoms with Crippen molar-refractivity contribution in [3.05, 3.63) is 52.8 Å². The van der Waals surface area contributed by atoms with Crippen LogP contribution >= 0.6 is 11.3 Å². The minimum atomic E-state index is -0.750. The number of anilines is 1. The van der Waals surface area contributed by atoms with Gasteiger partial charge in [-0.1, -0.05) is 38.1 Å². The molecule has 4 atom stereocenters. The van der Waals surface area contributed by atoms with Gasteiger partial charge in [0, 0.05) is 52.3 Å². The average Bonchev–Trinajstić information content (AvgIpc) is 3.67. The minimum absolute atomic E-state index is 0.0330. The number of β-amino-alcohol motifs (C(OH)–C–C–N with tert-alkyl or cyclic N) is 1. The average molecular weight is 580 g/mol. The number of aliphatic hydroxyl groups is 1. The summed E-state index contributed by atoms with van der Waals surface area (Å²) in [5, 5.41) is 21.8. The van der Waals surface area contributed by atoms with Crippen molar-refractivity contribution >= 4 is 29.0 Å². The third kappa shape index (κ3) is 6.17. The molecule has 41 heavy (non-hydrogen) atoms. The Morgan fingerprint density at radius 1 is 1.15 bits per heavy atom. The van der Waals surface area contributed by atoms with Crippen LogP contribution in [0.3, 0.4) is 0 Å². The number of amides is 2. The Morgan fingerprint density at radius 2 is 1.85 bits per heavy atom. The number of nitrogens with one attached hydrogen (secondary N) is 2. The minimum Gasteiger partial charge on any atom is -0.391 e. The lowest BCUT2D eigenvalue weighted by Crippen LogP contribution is -2.48. The number of aromatic nitrogens is 3. The fraction of sp³-hybridized carbons (Fsp3) is 0.533. The SMILES string of the molecule is Cc1ncsc1-c1ccc(C(C)NC(=O)[C@@H]2C[C@@H](O)CN2C(=O)C(c2cc(N3CCNCC3)n(C)n2)C(C)C)cc1. The first-order valence-corrected chi connectivity index (χ1v) is 15.3. The lowest BCUT2D eigenvalue weighted by molar-refractivity contribution is -0.140. The number of rotatable bonds is 8. The monoisotopic (exact) mass is 579 g/mol. The highest BCUT2D eigenvalue weighted by Gasteiger charge is 2.43. The molecule has 0 aliphatic carbocycles. The Balaban J connectivity index is 1.30. The molecule has 2 saturated heterocycles. The van der Waals surface area contributed by atoms with Gasteiger partial charge in [-0.25, -0.2) is 4.98 Å². The number of thiazole rings is 1. The van der Waals surface area contributed by atoms with E-state index in [0.717, 1.165) is 53.7 Å². The Kier molecular flexibility index (Phi) is 8.77. The molecule has 2 fully saturated rings. The van der Waals surface area contributed by atoms with Crippen molar-refractivity contribution in [2.24, 2.45) is 13.0 Å². The van der Waals surface area contributed by atoms with E-state index in [1.165, 1.54) is 0 Å². The summed E-state index contributed by atoms with van der Waals surface area (Å²) < 4.78 is 1.84. The maximum Gasteiger partial charge on any atom is 0.243 e. The zero-order valence-corrected chi connectivity index (χ0v) is 25.3. The van der Waals surface area contributed by atoms with Crippen LogP contribution in [0, 0.1) is 12.8 Å². The summed E-state index contributed by atoms with van der Waals surface area (Å²) in [5.74, 6) is 0.0161. The molecule has 0 spiro atoms. The summed E-state index contributed by atoms with van der Waals surface area (Å²) in [6, 6.07) is 9.12. The quantitative estimate of drug-likeness (QED) is 0.376. The van der Waals surface area contributed by atoms with Gasteiger partial charge >= 0.3 is 0 Å². The highest BCUT2D eigenvalue weighted by molar-refractivity contribution is 7.13. The topological polar surface area (TPSA) is 116 Å². The number of benzene rings is 1. The molecular weight excluding hydrogens is 538 g/mol. The van der Waals surface area contributed by atoms with Crippen LogP contribution in [-0.4, -0.2) is 81.5 Å². The Bertz CT molecular complexity index is 1360. The van der Waals surface area contributed by atoms with Gasteiger partial charge in [-0.15, -0.1) is 11.3 Å². The van der Waals surface area contributed by atoms with Crippen molar-refractivity contribution in [1.29, 1.82) is 0 Å². The first kappa shape index (κ1) is 29.2. The normalized spacial score (nSPS) is 20.9. The molecule has 4 heterocycles. The summed E-state index contributed by atoms with van der Waals surface area (Å²) in [6.45, 7) is 11.6. The first-order chi connectivity index (χ1) is 19.6. The smallest absolute Gasteiger partial charge is 0.243 e. The second kappa shape index (κ2) is 12.3. The fourth-order valence-corrected chi connectivity index (χ4v) is 6.77. The number of carbonyl (C=O) groups excluding carboxylic acids is 2. The van der Waals surface area contributed by atoms with Gasteiger partial charge in [-0.05, 0) is 30.9 Å². The van der Waals surface area contributed by atoms with E-state index in [0.29, 0.717) is 5.69 Å². The molecule has 2 unspecified atom stereocenters. The van der Waals surface area contributed by atoms with Gasteiger partial charge < -0.3 is 25.5 Å². The number of hydrogen-bond donors (Lipinski definition) is 3. The van der Waals surface area contributed by atoms with Gasteiger partial charge in [0.2, 0.25) is 11.8 Å². The number of likely N-dealkylation sites (tertiary alicyclic amines) is 1. The second-order valence-corrected chi connectivity index (χ2v) is 12.4. The molecule has 3 aromatic rings. The molecule has 2 aliphatic heterocycles. The van der Waals surface area contributed by atoms with E-state index in [1.807, 2.05) is 75.3 Å². The van der Waals surface area contributed by atoms with E-state index in [2.05, 4.69) is 20.5 Å². The highest BCUT2D eigenvalue weighted by atomic mass is 32.1. The number of aryl methyl sites for hydroxylation is 2. The summed E-state index contributed by atoms with van der Waals surface area (Å²) >= 11 is 1.61. The summed E-state index contributed by atoms with van der Waals surface area (Å²) in [6.07, 6.45) is -0.535. The third-order valence-electron chi connectivity index (χ3n) is 8.21. The molecule has 10 nitrogen and oxygen atoms in total. The van der Waals surface area contributed by atoms with E-state index in [-0.39, 0.29) is 36.7 Å². The van der Waals surface area contributed by atoms with Crippen LogP contribution in [0.4, 0.5) is 5.82 Å². The molecule has 11 heteroatoms. The van der Waals surface area contributed by atoms with Crippen LogP contribution in [0.25, 0.3) is 10.4 Å². The van der Waals surface area contributed by atoms with E-state index in [4.69, 9.17) is 5.10 Å². The third-order valence-corrected chi connectivity index (χ3v) is 9.19. The molecule has 220 valence electrons. The van der Waals surface area contributed by atoms with Crippen molar-refractivity contribution in [2.75, 3.05) is 37.6 Å². The molecule has 3 N–H and O–H groups in total. The zero-order valence-electron chi connectivity index (χ0n) is 24.5. The standard InChI is InChI=1S/C30H41N7O3S/c1-18(2)27(24-15-26(35(5)34-24)36-12-10-31-11-13-36)30(40)37-16-23(38)14-25(37)29(39)33-19(3)21-6-8-22(9-7-21)28-20(4)32-17-41-28/h6-9,15,17-19,23,25,27,31,38H,10-14,16H2,1-5H3,(H,33,39)/t19?,23-,25+,27?/m1/s1. The van der Waals surface area contributed by atoms with Crippen molar-refractivity contribution < 1.29 is 14.7 Å². The lowest BCUT2D eigenvalue weighted by Gasteiger charge is -2.30. The number of aliphatic hydroxyl groups excluding tert-OH is 1. The number of nitrogens with zero attached hydrogens (tertiary/aromatic N) is 5. The van der Waals surface area contributed by atoms with Crippen LogP contribution < -0.4 is 15.5 Å². The van der Waals surface area contributed by atoms with Gasteiger partial charge in [0.25, 0.3) is 0 Å². The van der Waals surface area contributed by atoms with Gasteiger partial charge in [-0.2, -0.15) is 5.10 Å². The highest BCUT2D eigenvalue weighted by Crippen LogP contribution is 2.33. The Morgan fingerprint density at radius 3 is 2.49 bits per heavy atom. The molecule has 2 amide bonds. The van der Waals surface area contributed by atoms with Crippen molar-refractivity contribution in [3.63, 3.8) is 0 Å². The Labute approximate surface area is 245 Å². The van der Waals surface area contributed by atoms with Crippen LogP contribution in [0.2, 0.25) is 0 Å². The first-order valence-electron chi connectivity index (χ1n) is 14.4. The lowest BCUT2D eigenvalue weighted by atomic mass is 9.90. The van der Waals surface area contributed by atoms with Crippen LogP contribution in [0.5, 0.6) is 0 Å². The van der Waals surface area contributed by atoms with Crippen LogP contribution in [0.15, 0.2) is 35.8 Å². The molecular formula is C30H41N7O3S. The molecule has 2 aromatic heterocycles. The number of carbonyl (C=O) groups is 2. The predicted molar refractivity (Wildman–Crippen MR) is 161 cm³/mol. The molecule has 0 saturated carbocycles. The number of piperazine rings is 1. The van der Waals surface area contributed by atoms with E-state index < -0.39 is 18.1 Å². The van der Waals surface area contributed by atoms with Crippen molar-refractivity contribution in [1.82, 2.24) is 30.3 Å². The largest absolute Gasteiger partial charge is 0.391 e. The van der Waals surface area contributed by atoms with Gasteiger partial charge in [0.05, 0.1) is 39.8 Å². The summed E-state index contributed by atoms with van der Waals surface area (Å²) in [7, 11) is 1.91. The fourth-order valence-electron chi connectivity index (χ4n) is 5.95. The van der Waals surface area contributed by atoms with E-state index >= 15 is 0 Å².